The molecule has 1 aliphatic heterocycles. The van der Waals surface area contributed by atoms with Crippen molar-refractivity contribution in [3.63, 3.8) is 0 Å². The first-order valence-electron chi connectivity index (χ1n) is 7.09. The van der Waals surface area contributed by atoms with Gasteiger partial charge in [0.1, 0.15) is 12.0 Å². The standard InChI is InChI=1S/C15H24O4/c1-4-5-6-7-8-9-10-12-13(15(17)18-3)11(2)14(16)19-12/h12-13H,2,4-10H2,1,3H3/t12-,13+/m1/s1. The lowest BCUT2D eigenvalue weighted by molar-refractivity contribution is -0.147. The minimum atomic E-state index is -0.617. The van der Waals surface area contributed by atoms with E-state index in [0.29, 0.717) is 6.42 Å². The number of cyclic esters (lactones) is 1. The Morgan fingerprint density at radius 2 is 1.89 bits per heavy atom. The van der Waals surface area contributed by atoms with Crippen LogP contribution in [0.3, 0.4) is 0 Å². The lowest BCUT2D eigenvalue weighted by atomic mass is 9.93. The topological polar surface area (TPSA) is 52.6 Å². The monoisotopic (exact) mass is 268 g/mol. The van der Waals surface area contributed by atoms with Crippen molar-refractivity contribution in [2.75, 3.05) is 7.11 Å². The maximum Gasteiger partial charge on any atom is 0.334 e. The van der Waals surface area contributed by atoms with Crippen molar-refractivity contribution in [1.82, 2.24) is 0 Å². The average Bonchev–Trinajstić information content (AvgIpc) is 2.68. The Labute approximate surface area is 115 Å². The summed E-state index contributed by atoms with van der Waals surface area (Å²) in [5.74, 6) is -1.51. The summed E-state index contributed by atoms with van der Waals surface area (Å²) in [6.45, 7) is 5.81. The fraction of sp³-hybridized carbons (Fsp3) is 0.733. The van der Waals surface area contributed by atoms with Crippen LogP contribution in [0.4, 0.5) is 0 Å². The molecule has 0 aliphatic carbocycles. The minimum Gasteiger partial charge on any atom is -0.468 e. The molecule has 0 radical (unpaired) electrons. The number of esters is 2. The van der Waals surface area contributed by atoms with Crippen molar-refractivity contribution in [2.24, 2.45) is 5.92 Å². The maximum absolute atomic E-state index is 11.6. The van der Waals surface area contributed by atoms with E-state index in [0.717, 1.165) is 12.8 Å². The highest BCUT2D eigenvalue weighted by atomic mass is 16.6. The number of carbonyl (C=O) groups is 2. The van der Waals surface area contributed by atoms with Crippen LogP contribution in [0.1, 0.15) is 51.9 Å². The van der Waals surface area contributed by atoms with Gasteiger partial charge in [-0.1, -0.05) is 45.6 Å². The molecule has 2 atom stereocenters. The Morgan fingerprint density at radius 1 is 1.26 bits per heavy atom. The molecule has 1 heterocycles. The summed E-state index contributed by atoms with van der Waals surface area (Å²) in [5, 5.41) is 0. The number of hydrogen-bond donors (Lipinski definition) is 0. The molecule has 19 heavy (non-hydrogen) atoms. The summed E-state index contributed by atoms with van der Waals surface area (Å²) >= 11 is 0. The van der Waals surface area contributed by atoms with E-state index in [2.05, 4.69) is 13.5 Å². The molecule has 0 N–H and O–H groups in total. The second kappa shape index (κ2) is 7.97. The van der Waals surface area contributed by atoms with Crippen LogP contribution in [0.25, 0.3) is 0 Å². The van der Waals surface area contributed by atoms with E-state index in [1.807, 2.05) is 0 Å². The lowest BCUT2D eigenvalue weighted by Gasteiger charge is -2.15. The van der Waals surface area contributed by atoms with Crippen molar-refractivity contribution >= 4 is 11.9 Å². The van der Waals surface area contributed by atoms with Gasteiger partial charge in [-0.3, -0.25) is 4.79 Å². The molecule has 1 aliphatic rings. The van der Waals surface area contributed by atoms with Gasteiger partial charge in [-0.25, -0.2) is 4.79 Å². The van der Waals surface area contributed by atoms with Crippen molar-refractivity contribution in [1.29, 1.82) is 0 Å². The molecule has 0 bridgehead atoms. The molecule has 1 rings (SSSR count). The van der Waals surface area contributed by atoms with Gasteiger partial charge >= 0.3 is 11.9 Å². The molecule has 0 aromatic heterocycles. The molecule has 1 fully saturated rings. The molecule has 4 heteroatoms. The Balaban J connectivity index is 2.37. The van der Waals surface area contributed by atoms with Gasteiger partial charge in [0, 0.05) is 5.57 Å². The third-order valence-corrected chi connectivity index (χ3v) is 3.57. The average molecular weight is 268 g/mol. The van der Waals surface area contributed by atoms with Crippen molar-refractivity contribution < 1.29 is 19.1 Å². The summed E-state index contributed by atoms with van der Waals surface area (Å²) in [4.78, 5) is 23.1. The Kier molecular flexibility index (Phi) is 6.60. The molecule has 0 saturated carbocycles. The second-order valence-electron chi connectivity index (χ2n) is 5.03. The van der Waals surface area contributed by atoms with Crippen LogP contribution in [-0.4, -0.2) is 25.2 Å². The molecule has 0 amide bonds. The van der Waals surface area contributed by atoms with E-state index in [1.54, 1.807) is 0 Å². The molecule has 0 spiro atoms. The van der Waals surface area contributed by atoms with Crippen LogP contribution in [0.2, 0.25) is 0 Å². The van der Waals surface area contributed by atoms with Crippen molar-refractivity contribution in [2.45, 2.75) is 58.0 Å². The van der Waals surface area contributed by atoms with Crippen molar-refractivity contribution in [3.8, 4) is 0 Å². The first kappa shape index (κ1) is 15.7. The fourth-order valence-electron chi connectivity index (χ4n) is 2.41. The molecular formula is C15H24O4. The van der Waals surface area contributed by atoms with E-state index >= 15 is 0 Å². The molecule has 0 aromatic rings. The Morgan fingerprint density at radius 3 is 2.53 bits per heavy atom. The lowest BCUT2D eigenvalue weighted by Crippen LogP contribution is -2.26. The van der Waals surface area contributed by atoms with Gasteiger partial charge in [-0.05, 0) is 12.8 Å². The van der Waals surface area contributed by atoms with Crippen LogP contribution in [0.15, 0.2) is 12.2 Å². The van der Waals surface area contributed by atoms with Gasteiger partial charge in [0.25, 0.3) is 0 Å². The minimum absolute atomic E-state index is 0.225. The molecule has 4 nitrogen and oxygen atoms in total. The first-order valence-corrected chi connectivity index (χ1v) is 7.09. The number of unbranched alkanes of at least 4 members (excludes halogenated alkanes) is 5. The second-order valence-corrected chi connectivity index (χ2v) is 5.03. The highest BCUT2D eigenvalue weighted by Crippen LogP contribution is 2.31. The van der Waals surface area contributed by atoms with Crippen LogP contribution < -0.4 is 0 Å². The molecule has 1 saturated heterocycles. The van der Waals surface area contributed by atoms with Gasteiger partial charge < -0.3 is 9.47 Å². The third kappa shape index (κ3) is 4.37. The van der Waals surface area contributed by atoms with Crippen LogP contribution in [0, 0.1) is 5.92 Å². The third-order valence-electron chi connectivity index (χ3n) is 3.57. The Hall–Kier alpha value is -1.32. The number of methoxy groups -OCH3 is 1. The van der Waals surface area contributed by atoms with Crippen LogP contribution in [-0.2, 0) is 19.1 Å². The van der Waals surface area contributed by atoms with E-state index < -0.39 is 24.0 Å². The summed E-state index contributed by atoms with van der Waals surface area (Å²) in [6, 6.07) is 0. The Bertz CT molecular complexity index is 335. The van der Waals surface area contributed by atoms with E-state index in [9.17, 15) is 9.59 Å². The highest BCUT2D eigenvalue weighted by molar-refractivity contribution is 5.98. The van der Waals surface area contributed by atoms with Crippen LogP contribution in [0.5, 0.6) is 0 Å². The normalized spacial score (nSPS) is 22.4. The summed E-state index contributed by atoms with van der Waals surface area (Å²) in [6.07, 6.45) is 7.31. The zero-order valence-electron chi connectivity index (χ0n) is 11.9. The molecule has 0 aromatic carbocycles. The highest BCUT2D eigenvalue weighted by Gasteiger charge is 2.43. The summed E-state index contributed by atoms with van der Waals surface area (Å²) in [7, 11) is 1.32. The van der Waals surface area contributed by atoms with Gasteiger partial charge in [0.2, 0.25) is 0 Å². The molecular weight excluding hydrogens is 244 g/mol. The number of rotatable bonds is 8. The van der Waals surface area contributed by atoms with E-state index in [-0.39, 0.29) is 5.57 Å². The number of hydrogen-bond acceptors (Lipinski definition) is 4. The quantitative estimate of drug-likeness (QED) is 0.386. The summed E-state index contributed by atoms with van der Waals surface area (Å²) in [5.41, 5.74) is 0.225. The fourth-order valence-corrected chi connectivity index (χ4v) is 2.41. The van der Waals surface area contributed by atoms with Gasteiger partial charge in [-0.15, -0.1) is 0 Å². The van der Waals surface area contributed by atoms with Crippen LogP contribution >= 0.6 is 0 Å². The van der Waals surface area contributed by atoms with Crippen molar-refractivity contribution in [3.05, 3.63) is 12.2 Å². The maximum atomic E-state index is 11.6. The molecule has 108 valence electrons. The van der Waals surface area contributed by atoms with E-state index in [1.165, 1.54) is 32.8 Å². The predicted octanol–water partition coefficient (Wildman–Crippen LogP) is 3.01. The van der Waals surface area contributed by atoms with Gasteiger partial charge in [0.05, 0.1) is 7.11 Å². The smallest absolute Gasteiger partial charge is 0.334 e. The zero-order valence-corrected chi connectivity index (χ0v) is 11.9. The van der Waals surface area contributed by atoms with Gasteiger partial charge in [-0.2, -0.15) is 0 Å². The van der Waals surface area contributed by atoms with Gasteiger partial charge in [0.15, 0.2) is 0 Å². The van der Waals surface area contributed by atoms with E-state index in [4.69, 9.17) is 9.47 Å². The summed E-state index contributed by atoms with van der Waals surface area (Å²) < 4.78 is 9.91. The largest absolute Gasteiger partial charge is 0.468 e. The number of carbonyl (C=O) groups excluding carboxylic acids is 2. The first-order chi connectivity index (χ1) is 9.11. The zero-order chi connectivity index (χ0) is 14.3. The molecule has 0 unspecified atom stereocenters. The predicted molar refractivity (Wildman–Crippen MR) is 72.5 cm³/mol. The SMILES string of the molecule is C=C1C(=O)O[C@H](CCCCCCCC)[C@H]1C(=O)OC. The number of ether oxygens (including phenoxy) is 2.